The Hall–Kier alpha value is -2.75. The van der Waals surface area contributed by atoms with Crippen molar-refractivity contribution >= 4 is 17.7 Å². The number of carbonyl (C=O) groups is 1. The van der Waals surface area contributed by atoms with Gasteiger partial charge in [0.25, 0.3) is 0 Å². The van der Waals surface area contributed by atoms with Crippen molar-refractivity contribution in [1.82, 2.24) is 29.9 Å². The second-order valence-electron chi connectivity index (χ2n) is 6.58. The number of rotatable bonds is 5. The van der Waals surface area contributed by atoms with Gasteiger partial charge in [-0.1, -0.05) is 11.8 Å². The third kappa shape index (κ3) is 3.64. The minimum absolute atomic E-state index is 0.119. The van der Waals surface area contributed by atoms with Gasteiger partial charge >= 0.3 is 0 Å². The van der Waals surface area contributed by atoms with Gasteiger partial charge in [0.2, 0.25) is 5.91 Å². The second kappa shape index (κ2) is 7.70. The molecule has 0 fully saturated rings. The Bertz CT molecular complexity index is 1020. The average Bonchev–Trinajstić information content (AvgIpc) is 3.27. The SMILES string of the molecule is Cn1cnnc1SCC(=O)NC1CCCc2c1cnn2-c1ccc(F)cc1F. The van der Waals surface area contributed by atoms with Gasteiger partial charge in [0.05, 0.1) is 18.0 Å². The molecule has 146 valence electrons. The molecule has 2 heterocycles. The predicted molar refractivity (Wildman–Crippen MR) is 99.0 cm³/mol. The molecule has 7 nitrogen and oxygen atoms in total. The van der Waals surface area contributed by atoms with Crippen LogP contribution in [-0.4, -0.2) is 36.2 Å². The molecule has 28 heavy (non-hydrogen) atoms. The van der Waals surface area contributed by atoms with E-state index in [1.54, 1.807) is 17.1 Å². The van der Waals surface area contributed by atoms with Crippen LogP contribution in [0.1, 0.15) is 30.1 Å². The molecule has 2 aromatic heterocycles. The highest BCUT2D eigenvalue weighted by molar-refractivity contribution is 7.99. The summed E-state index contributed by atoms with van der Waals surface area (Å²) in [6, 6.07) is 3.24. The Morgan fingerprint density at radius 2 is 2.25 bits per heavy atom. The Labute approximate surface area is 164 Å². The first-order chi connectivity index (χ1) is 13.5. The number of thioether (sulfide) groups is 1. The first-order valence-electron chi connectivity index (χ1n) is 8.81. The van der Waals surface area contributed by atoms with Gasteiger partial charge in [-0.25, -0.2) is 13.5 Å². The zero-order chi connectivity index (χ0) is 19.7. The van der Waals surface area contributed by atoms with Crippen LogP contribution in [0.5, 0.6) is 0 Å². The van der Waals surface area contributed by atoms with Gasteiger partial charge in [-0.2, -0.15) is 5.10 Å². The summed E-state index contributed by atoms with van der Waals surface area (Å²) in [5.41, 5.74) is 1.91. The molecule has 1 amide bonds. The molecule has 1 aromatic carbocycles. The molecular weight excluding hydrogens is 386 g/mol. The lowest BCUT2D eigenvalue weighted by Crippen LogP contribution is -2.32. The van der Waals surface area contributed by atoms with E-state index in [4.69, 9.17) is 0 Å². The molecule has 0 saturated heterocycles. The maximum atomic E-state index is 14.2. The van der Waals surface area contributed by atoms with Crippen LogP contribution in [0.15, 0.2) is 35.9 Å². The molecule has 10 heteroatoms. The summed E-state index contributed by atoms with van der Waals surface area (Å²) in [4.78, 5) is 12.4. The third-order valence-corrected chi connectivity index (χ3v) is 5.69. The maximum absolute atomic E-state index is 14.2. The van der Waals surface area contributed by atoms with Gasteiger partial charge in [0.1, 0.15) is 17.8 Å². The van der Waals surface area contributed by atoms with Gasteiger partial charge in [0, 0.05) is 24.4 Å². The van der Waals surface area contributed by atoms with Gasteiger partial charge in [-0.15, -0.1) is 10.2 Å². The lowest BCUT2D eigenvalue weighted by atomic mass is 9.93. The Morgan fingerprint density at radius 1 is 1.39 bits per heavy atom. The molecule has 4 rings (SSSR count). The van der Waals surface area contributed by atoms with Crippen LogP contribution < -0.4 is 5.32 Å². The van der Waals surface area contributed by atoms with Crippen LogP contribution in [0.4, 0.5) is 8.78 Å². The second-order valence-corrected chi connectivity index (χ2v) is 7.52. The highest BCUT2D eigenvalue weighted by Crippen LogP contribution is 2.31. The number of amides is 1. The van der Waals surface area contributed by atoms with Gasteiger partial charge in [0.15, 0.2) is 11.0 Å². The summed E-state index contributed by atoms with van der Waals surface area (Å²) in [5.74, 6) is -1.20. The number of hydrogen-bond donors (Lipinski definition) is 1. The van der Waals surface area contributed by atoms with Crippen molar-refractivity contribution in [1.29, 1.82) is 0 Å². The largest absolute Gasteiger partial charge is 0.348 e. The lowest BCUT2D eigenvalue weighted by Gasteiger charge is -2.24. The van der Waals surface area contributed by atoms with E-state index in [0.717, 1.165) is 30.2 Å². The molecule has 0 bridgehead atoms. The first-order valence-corrected chi connectivity index (χ1v) is 9.80. The van der Waals surface area contributed by atoms with E-state index in [-0.39, 0.29) is 23.4 Å². The minimum Gasteiger partial charge on any atom is -0.348 e. The number of hydrogen-bond acceptors (Lipinski definition) is 5. The van der Waals surface area contributed by atoms with E-state index < -0.39 is 11.6 Å². The molecular formula is C18H18F2N6OS. The van der Waals surface area contributed by atoms with E-state index in [0.29, 0.717) is 11.6 Å². The molecule has 1 unspecified atom stereocenters. The minimum atomic E-state index is -0.669. The molecule has 1 aliphatic rings. The quantitative estimate of drug-likeness (QED) is 0.662. The zero-order valence-electron chi connectivity index (χ0n) is 15.1. The van der Waals surface area contributed by atoms with Crippen LogP contribution in [0.25, 0.3) is 5.69 Å². The van der Waals surface area contributed by atoms with E-state index in [1.807, 2.05) is 7.05 Å². The Morgan fingerprint density at radius 3 is 3.00 bits per heavy atom. The summed E-state index contributed by atoms with van der Waals surface area (Å²) in [6.07, 6.45) is 5.56. The fourth-order valence-electron chi connectivity index (χ4n) is 3.34. The fourth-order valence-corrected chi connectivity index (χ4v) is 4.04. The zero-order valence-corrected chi connectivity index (χ0v) is 15.9. The molecule has 1 atom stereocenters. The summed E-state index contributed by atoms with van der Waals surface area (Å²) in [7, 11) is 1.82. The third-order valence-electron chi connectivity index (χ3n) is 4.66. The van der Waals surface area contributed by atoms with Crippen LogP contribution >= 0.6 is 11.8 Å². The Kier molecular flexibility index (Phi) is 5.12. The smallest absolute Gasteiger partial charge is 0.230 e. The van der Waals surface area contributed by atoms with E-state index in [1.165, 1.54) is 28.6 Å². The monoisotopic (exact) mass is 404 g/mol. The van der Waals surface area contributed by atoms with Crippen LogP contribution in [0.2, 0.25) is 0 Å². The average molecular weight is 404 g/mol. The number of carbonyl (C=O) groups excluding carboxylic acids is 1. The molecule has 0 aliphatic heterocycles. The molecule has 0 spiro atoms. The lowest BCUT2D eigenvalue weighted by molar-refractivity contribution is -0.119. The van der Waals surface area contributed by atoms with E-state index in [2.05, 4.69) is 20.6 Å². The van der Waals surface area contributed by atoms with Gasteiger partial charge in [-0.05, 0) is 31.4 Å². The van der Waals surface area contributed by atoms with Crippen molar-refractivity contribution in [2.75, 3.05) is 5.75 Å². The van der Waals surface area contributed by atoms with Crippen molar-refractivity contribution in [3.63, 3.8) is 0 Å². The maximum Gasteiger partial charge on any atom is 0.230 e. The first kappa shape index (κ1) is 18.6. The molecule has 0 saturated carbocycles. The van der Waals surface area contributed by atoms with Crippen LogP contribution in [0.3, 0.4) is 0 Å². The number of aromatic nitrogens is 5. The standard InChI is InChI=1S/C18H18F2N6OS/c1-25-10-21-24-18(25)28-9-17(27)23-14-3-2-4-15-12(14)8-22-26(15)16-6-5-11(19)7-13(16)20/h5-8,10,14H,2-4,9H2,1H3,(H,23,27). The number of nitrogens with one attached hydrogen (secondary N) is 1. The predicted octanol–water partition coefficient (Wildman–Crippen LogP) is 2.56. The highest BCUT2D eigenvalue weighted by Gasteiger charge is 2.27. The number of fused-ring (bicyclic) bond motifs is 1. The van der Waals surface area contributed by atoms with Crippen LogP contribution in [-0.2, 0) is 18.3 Å². The summed E-state index contributed by atoms with van der Waals surface area (Å²) in [6.45, 7) is 0. The fraction of sp³-hybridized carbons (Fsp3) is 0.333. The van der Waals surface area contributed by atoms with Gasteiger partial charge in [-0.3, -0.25) is 4.79 Å². The number of benzene rings is 1. The molecule has 1 aliphatic carbocycles. The summed E-state index contributed by atoms with van der Waals surface area (Å²) >= 11 is 1.31. The van der Waals surface area contributed by atoms with Crippen molar-refractivity contribution in [2.45, 2.75) is 30.5 Å². The number of nitrogens with zero attached hydrogens (tertiary/aromatic N) is 5. The summed E-state index contributed by atoms with van der Waals surface area (Å²) < 4.78 is 30.6. The Balaban J connectivity index is 1.49. The van der Waals surface area contributed by atoms with Crippen molar-refractivity contribution in [3.05, 3.63) is 53.6 Å². The van der Waals surface area contributed by atoms with E-state index in [9.17, 15) is 13.6 Å². The topological polar surface area (TPSA) is 77.6 Å². The highest BCUT2D eigenvalue weighted by atomic mass is 32.2. The number of halogens is 2. The molecule has 3 aromatic rings. The molecule has 1 N–H and O–H groups in total. The van der Waals surface area contributed by atoms with E-state index >= 15 is 0 Å². The number of aryl methyl sites for hydroxylation is 1. The van der Waals surface area contributed by atoms with Crippen molar-refractivity contribution in [2.24, 2.45) is 7.05 Å². The van der Waals surface area contributed by atoms with Crippen LogP contribution in [0, 0.1) is 11.6 Å². The van der Waals surface area contributed by atoms with Crippen molar-refractivity contribution < 1.29 is 13.6 Å². The van der Waals surface area contributed by atoms with Crippen molar-refractivity contribution in [3.8, 4) is 5.69 Å². The molecule has 0 radical (unpaired) electrons. The summed E-state index contributed by atoms with van der Waals surface area (Å²) in [5, 5.41) is 15.7. The normalized spacial score (nSPS) is 16.0. The van der Waals surface area contributed by atoms with Gasteiger partial charge < -0.3 is 9.88 Å².